The Labute approximate surface area is 213 Å². The second kappa shape index (κ2) is 10.6. The van der Waals surface area contributed by atoms with Crippen molar-refractivity contribution in [3.8, 4) is 0 Å². The van der Waals surface area contributed by atoms with Crippen LogP contribution in [0.1, 0.15) is 51.5 Å². The van der Waals surface area contributed by atoms with Crippen LogP contribution >= 0.6 is 24.8 Å². The van der Waals surface area contributed by atoms with Gasteiger partial charge in [-0.2, -0.15) is 0 Å². The van der Waals surface area contributed by atoms with Gasteiger partial charge in [-0.25, -0.2) is 9.98 Å². The predicted molar refractivity (Wildman–Crippen MR) is 141 cm³/mol. The van der Waals surface area contributed by atoms with E-state index in [1.165, 1.54) is 19.3 Å². The van der Waals surface area contributed by atoms with Gasteiger partial charge in [0.1, 0.15) is 16.9 Å². The van der Waals surface area contributed by atoms with Gasteiger partial charge in [-0.15, -0.1) is 24.8 Å². The summed E-state index contributed by atoms with van der Waals surface area (Å²) < 4.78 is 0. The number of amidine groups is 1. The van der Waals surface area contributed by atoms with Crippen LogP contribution in [0.15, 0.2) is 56.6 Å². The molecule has 1 saturated heterocycles. The van der Waals surface area contributed by atoms with E-state index in [0.29, 0.717) is 23.7 Å². The normalized spacial score (nSPS) is 25.6. The molecule has 3 heterocycles. The number of nitrogens with zero attached hydrogens (tertiary/aromatic N) is 4. The van der Waals surface area contributed by atoms with Gasteiger partial charge in [0.05, 0.1) is 5.92 Å². The fraction of sp³-hybridized carbons (Fsp3) is 0.500. The average Bonchev–Trinajstić information content (AvgIpc) is 3.26. The SMILES string of the molecule is CC1(C)N=CC2=C3N=C(c4ccccc4)N=C3C(=O)C(CCCN3CCCCC3)C2C1=O.Cl.Cl. The first-order valence-electron chi connectivity index (χ1n) is 11.8. The molecular formula is C26H32Cl2N4O2. The number of hydrogen-bond acceptors (Lipinski definition) is 6. The number of halogens is 2. The maximum absolute atomic E-state index is 13.6. The maximum Gasteiger partial charge on any atom is 0.187 e. The second-order valence-electron chi connectivity index (χ2n) is 9.74. The van der Waals surface area contributed by atoms with Crippen molar-refractivity contribution < 1.29 is 9.59 Å². The molecule has 0 aromatic heterocycles. The number of Topliss-reactive ketones (excluding diaryl/α,β-unsaturated/α-hetero) is 2. The molecule has 6 nitrogen and oxygen atoms in total. The van der Waals surface area contributed by atoms with E-state index in [1.54, 1.807) is 6.21 Å². The van der Waals surface area contributed by atoms with E-state index >= 15 is 0 Å². The van der Waals surface area contributed by atoms with Crippen molar-refractivity contribution in [2.45, 2.75) is 51.5 Å². The van der Waals surface area contributed by atoms with Crippen LogP contribution in [0, 0.1) is 11.8 Å². The molecule has 0 amide bonds. The molecule has 3 aliphatic heterocycles. The summed E-state index contributed by atoms with van der Waals surface area (Å²) in [7, 11) is 0. The number of fused-ring (bicyclic) bond motifs is 2. The topological polar surface area (TPSA) is 74.5 Å². The summed E-state index contributed by atoms with van der Waals surface area (Å²) in [5.74, 6) is -0.358. The minimum absolute atomic E-state index is 0. The van der Waals surface area contributed by atoms with E-state index in [4.69, 9.17) is 4.99 Å². The third kappa shape index (κ3) is 4.81. The van der Waals surface area contributed by atoms with Crippen LogP contribution in [0.4, 0.5) is 0 Å². The molecular weight excluding hydrogens is 471 g/mol. The van der Waals surface area contributed by atoms with Gasteiger partial charge in [-0.05, 0) is 59.2 Å². The number of piperidine rings is 1. The third-order valence-electron chi connectivity index (χ3n) is 7.12. The lowest BCUT2D eigenvalue weighted by molar-refractivity contribution is -0.131. The number of hydrogen-bond donors (Lipinski definition) is 0. The lowest BCUT2D eigenvalue weighted by atomic mass is 9.67. The Balaban J connectivity index is 0.00000162. The third-order valence-corrected chi connectivity index (χ3v) is 7.12. The molecule has 2 unspecified atom stereocenters. The van der Waals surface area contributed by atoms with Crippen LogP contribution in [-0.4, -0.2) is 59.4 Å². The van der Waals surface area contributed by atoms with Crippen LogP contribution in [0.25, 0.3) is 0 Å². The highest BCUT2D eigenvalue weighted by atomic mass is 35.5. The van der Waals surface area contributed by atoms with E-state index in [9.17, 15) is 9.59 Å². The zero-order valence-corrected chi connectivity index (χ0v) is 21.3. The molecule has 34 heavy (non-hydrogen) atoms. The zero-order valence-electron chi connectivity index (χ0n) is 19.7. The smallest absolute Gasteiger partial charge is 0.187 e. The van der Waals surface area contributed by atoms with Crippen molar-refractivity contribution in [1.82, 2.24) is 4.90 Å². The van der Waals surface area contributed by atoms with Gasteiger partial charge in [0.2, 0.25) is 0 Å². The second-order valence-corrected chi connectivity index (χ2v) is 9.74. The van der Waals surface area contributed by atoms with Crippen LogP contribution in [0.3, 0.4) is 0 Å². The van der Waals surface area contributed by atoms with Crippen LogP contribution in [-0.2, 0) is 9.59 Å². The molecule has 1 aromatic carbocycles. The highest BCUT2D eigenvalue weighted by Crippen LogP contribution is 2.41. The number of likely N-dealkylation sites (tertiary alicyclic amines) is 1. The van der Waals surface area contributed by atoms with Crippen LogP contribution < -0.4 is 0 Å². The Morgan fingerprint density at radius 3 is 2.41 bits per heavy atom. The van der Waals surface area contributed by atoms with E-state index in [-0.39, 0.29) is 42.3 Å². The Bertz CT molecular complexity index is 1070. The quantitative estimate of drug-likeness (QED) is 0.594. The highest BCUT2D eigenvalue weighted by Gasteiger charge is 2.50. The van der Waals surface area contributed by atoms with Gasteiger partial charge in [0.25, 0.3) is 0 Å². The number of rotatable bonds is 5. The van der Waals surface area contributed by atoms with Gasteiger partial charge in [-0.3, -0.25) is 14.6 Å². The summed E-state index contributed by atoms with van der Waals surface area (Å²) in [6.45, 7) is 6.92. The molecule has 1 aliphatic carbocycles. The minimum atomic E-state index is -0.820. The van der Waals surface area contributed by atoms with Crippen molar-refractivity contribution in [3.63, 3.8) is 0 Å². The molecule has 4 aliphatic rings. The molecule has 0 spiro atoms. The molecule has 0 radical (unpaired) electrons. The largest absolute Gasteiger partial charge is 0.303 e. The van der Waals surface area contributed by atoms with Gasteiger partial charge in [0.15, 0.2) is 17.4 Å². The summed E-state index contributed by atoms with van der Waals surface area (Å²) in [6, 6.07) is 9.68. The van der Waals surface area contributed by atoms with E-state index < -0.39 is 11.5 Å². The Kier molecular flexibility index (Phi) is 8.27. The van der Waals surface area contributed by atoms with E-state index in [1.807, 2.05) is 44.2 Å². The summed E-state index contributed by atoms with van der Waals surface area (Å²) in [5.41, 5.74) is 1.75. The fourth-order valence-corrected chi connectivity index (χ4v) is 5.28. The molecule has 1 aromatic rings. The number of aliphatic imine (C=N–C) groups is 3. The van der Waals surface area contributed by atoms with Gasteiger partial charge < -0.3 is 4.90 Å². The monoisotopic (exact) mass is 502 g/mol. The van der Waals surface area contributed by atoms with Gasteiger partial charge in [-0.1, -0.05) is 36.8 Å². The molecule has 0 bridgehead atoms. The average molecular weight is 503 g/mol. The molecule has 182 valence electrons. The number of benzene rings is 1. The van der Waals surface area contributed by atoms with Crippen molar-refractivity contribution in [1.29, 1.82) is 0 Å². The number of allylic oxidation sites excluding steroid dienone is 2. The summed E-state index contributed by atoms with van der Waals surface area (Å²) in [4.78, 5) is 43.4. The number of ketones is 2. The van der Waals surface area contributed by atoms with Crippen LogP contribution in [0.2, 0.25) is 0 Å². The first-order valence-corrected chi connectivity index (χ1v) is 11.8. The van der Waals surface area contributed by atoms with Crippen molar-refractivity contribution >= 4 is 54.1 Å². The maximum atomic E-state index is 13.6. The molecule has 2 atom stereocenters. The standard InChI is InChI=1S/C26H30N4O2.2ClH/c1-26(2)24(32)20-18(12-9-15-30-13-7-4-8-14-30)23(31)22-21(19(20)16-27-26)28-25(29-22)17-10-5-3-6-11-17;;/h3,5-6,10-11,16,18,20H,4,7-9,12-15H2,1-2H3;2*1H. The fourth-order valence-electron chi connectivity index (χ4n) is 5.28. The van der Waals surface area contributed by atoms with Crippen LogP contribution in [0.5, 0.6) is 0 Å². The predicted octanol–water partition coefficient (Wildman–Crippen LogP) is 4.50. The summed E-state index contributed by atoms with van der Waals surface area (Å²) in [5, 5.41) is 0. The molecule has 8 heteroatoms. The van der Waals surface area contributed by atoms with Crippen molar-refractivity contribution in [2.75, 3.05) is 19.6 Å². The summed E-state index contributed by atoms with van der Waals surface area (Å²) in [6.07, 6.45) is 7.18. The zero-order chi connectivity index (χ0) is 22.3. The van der Waals surface area contributed by atoms with E-state index in [0.717, 1.165) is 37.2 Å². The lowest BCUT2D eigenvalue weighted by Gasteiger charge is -2.37. The molecule has 0 N–H and O–H groups in total. The lowest BCUT2D eigenvalue weighted by Crippen LogP contribution is -2.49. The van der Waals surface area contributed by atoms with E-state index in [2.05, 4.69) is 14.9 Å². The molecule has 5 rings (SSSR count). The van der Waals surface area contributed by atoms with Gasteiger partial charge in [0, 0.05) is 23.3 Å². The van der Waals surface area contributed by atoms with Crippen molar-refractivity contribution in [2.24, 2.45) is 26.8 Å². The first-order chi connectivity index (χ1) is 15.5. The Hall–Kier alpha value is -2.15. The summed E-state index contributed by atoms with van der Waals surface area (Å²) >= 11 is 0. The number of carbonyl (C=O) groups excluding carboxylic acids is 2. The molecule has 1 fully saturated rings. The van der Waals surface area contributed by atoms with Crippen molar-refractivity contribution in [3.05, 3.63) is 47.2 Å². The Morgan fingerprint density at radius 2 is 1.71 bits per heavy atom. The molecule has 0 saturated carbocycles. The minimum Gasteiger partial charge on any atom is -0.303 e. The Morgan fingerprint density at radius 1 is 1.00 bits per heavy atom. The first kappa shape index (κ1) is 26.5. The highest BCUT2D eigenvalue weighted by molar-refractivity contribution is 6.52. The number of carbonyl (C=O) groups is 2. The van der Waals surface area contributed by atoms with Gasteiger partial charge >= 0.3 is 0 Å².